The van der Waals surface area contributed by atoms with Gasteiger partial charge in [0.25, 0.3) is 0 Å². The van der Waals surface area contributed by atoms with Gasteiger partial charge in [-0.3, -0.25) is 4.79 Å². The molecule has 2 unspecified atom stereocenters. The number of nitrogens with one attached hydrogen (secondary N) is 1. The van der Waals surface area contributed by atoms with Gasteiger partial charge in [-0.25, -0.2) is 0 Å². The van der Waals surface area contributed by atoms with E-state index in [0.29, 0.717) is 6.10 Å². The highest BCUT2D eigenvalue weighted by Gasteiger charge is 2.18. The number of rotatable bonds is 8. The van der Waals surface area contributed by atoms with E-state index in [2.05, 4.69) is 12.2 Å². The van der Waals surface area contributed by atoms with Gasteiger partial charge in [0.1, 0.15) is 6.04 Å². The second kappa shape index (κ2) is 8.48. The SMILES string of the molecule is CCCCC(NCCC1CCCCO1)C(=O)O. The summed E-state index contributed by atoms with van der Waals surface area (Å²) in [7, 11) is 0. The number of hydrogen-bond acceptors (Lipinski definition) is 3. The molecule has 0 aromatic heterocycles. The fraction of sp³-hybridized carbons (Fsp3) is 0.923. The number of carbonyl (C=O) groups is 1. The molecule has 0 radical (unpaired) electrons. The van der Waals surface area contributed by atoms with E-state index >= 15 is 0 Å². The van der Waals surface area contributed by atoms with Crippen molar-refractivity contribution in [2.45, 2.75) is 64.0 Å². The summed E-state index contributed by atoms with van der Waals surface area (Å²) in [5.41, 5.74) is 0. The molecule has 1 aliphatic rings. The van der Waals surface area contributed by atoms with Crippen molar-refractivity contribution in [3.8, 4) is 0 Å². The first-order valence-electron chi connectivity index (χ1n) is 6.81. The number of unbranched alkanes of at least 4 members (excludes halogenated alkanes) is 1. The molecule has 2 N–H and O–H groups in total. The number of carboxylic acids is 1. The molecule has 0 aliphatic carbocycles. The highest BCUT2D eigenvalue weighted by molar-refractivity contribution is 5.73. The number of carboxylic acid groups (broad SMARTS) is 1. The van der Waals surface area contributed by atoms with E-state index in [1.165, 1.54) is 6.42 Å². The second-order valence-corrected chi connectivity index (χ2v) is 4.76. The lowest BCUT2D eigenvalue weighted by atomic mass is 10.1. The zero-order valence-corrected chi connectivity index (χ0v) is 10.8. The zero-order chi connectivity index (χ0) is 12.5. The maximum atomic E-state index is 11.0. The molecule has 1 fully saturated rings. The number of ether oxygens (including phenoxy) is 1. The summed E-state index contributed by atoms with van der Waals surface area (Å²) in [5, 5.41) is 12.2. The Bertz CT molecular complexity index is 215. The van der Waals surface area contributed by atoms with Gasteiger partial charge in [-0.1, -0.05) is 19.8 Å². The molecule has 0 saturated carbocycles. The van der Waals surface area contributed by atoms with Crippen molar-refractivity contribution in [3.63, 3.8) is 0 Å². The quantitative estimate of drug-likeness (QED) is 0.686. The molecule has 17 heavy (non-hydrogen) atoms. The van der Waals surface area contributed by atoms with Crippen molar-refractivity contribution >= 4 is 5.97 Å². The van der Waals surface area contributed by atoms with Crippen LogP contribution in [-0.2, 0) is 9.53 Å². The minimum Gasteiger partial charge on any atom is -0.480 e. The van der Waals surface area contributed by atoms with Gasteiger partial charge in [0.05, 0.1) is 6.10 Å². The van der Waals surface area contributed by atoms with Crippen LogP contribution in [0.15, 0.2) is 0 Å². The van der Waals surface area contributed by atoms with Crippen molar-refractivity contribution in [2.24, 2.45) is 0 Å². The van der Waals surface area contributed by atoms with E-state index in [1.807, 2.05) is 0 Å². The van der Waals surface area contributed by atoms with Crippen LogP contribution in [0.25, 0.3) is 0 Å². The van der Waals surface area contributed by atoms with E-state index in [-0.39, 0.29) is 0 Å². The third-order valence-corrected chi connectivity index (χ3v) is 3.28. The van der Waals surface area contributed by atoms with Crippen LogP contribution in [0.3, 0.4) is 0 Å². The first-order chi connectivity index (χ1) is 8.24. The summed E-state index contributed by atoms with van der Waals surface area (Å²) in [6.45, 7) is 3.68. The van der Waals surface area contributed by atoms with Crippen LogP contribution in [-0.4, -0.2) is 36.4 Å². The maximum Gasteiger partial charge on any atom is 0.320 e. The van der Waals surface area contributed by atoms with E-state index in [9.17, 15) is 4.79 Å². The zero-order valence-electron chi connectivity index (χ0n) is 10.8. The summed E-state index contributed by atoms with van der Waals surface area (Å²) >= 11 is 0. The van der Waals surface area contributed by atoms with Crippen LogP contribution >= 0.6 is 0 Å². The minimum atomic E-state index is -0.733. The molecule has 1 saturated heterocycles. The molecule has 1 heterocycles. The third kappa shape index (κ3) is 6.03. The van der Waals surface area contributed by atoms with E-state index in [1.54, 1.807) is 0 Å². The predicted molar refractivity (Wildman–Crippen MR) is 67.2 cm³/mol. The smallest absolute Gasteiger partial charge is 0.320 e. The molecule has 1 aliphatic heterocycles. The highest BCUT2D eigenvalue weighted by Crippen LogP contribution is 2.15. The summed E-state index contributed by atoms with van der Waals surface area (Å²) < 4.78 is 5.61. The van der Waals surface area contributed by atoms with E-state index in [4.69, 9.17) is 9.84 Å². The lowest BCUT2D eigenvalue weighted by Crippen LogP contribution is -2.38. The van der Waals surface area contributed by atoms with Gasteiger partial charge in [0, 0.05) is 6.61 Å². The van der Waals surface area contributed by atoms with E-state index in [0.717, 1.165) is 51.7 Å². The molecular weight excluding hydrogens is 218 g/mol. The molecule has 2 atom stereocenters. The highest BCUT2D eigenvalue weighted by atomic mass is 16.5. The van der Waals surface area contributed by atoms with Gasteiger partial charge in [0.2, 0.25) is 0 Å². The Labute approximate surface area is 104 Å². The van der Waals surface area contributed by atoms with Gasteiger partial charge in [0.15, 0.2) is 0 Å². The average Bonchev–Trinajstić information content (AvgIpc) is 2.34. The monoisotopic (exact) mass is 243 g/mol. The maximum absolute atomic E-state index is 11.0. The molecule has 0 spiro atoms. The van der Waals surface area contributed by atoms with Gasteiger partial charge >= 0.3 is 5.97 Å². The molecule has 4 heteroatoms. The first-order valence-corrected chi connectivity index (χ1v) is 6.81. The Morgan fingerprint density at radius 3 is 2.94 bits per heavy atom. The van der Waals surface area contributed by atoms with Gasteiger partial charge in [-0.05, 0) is 38.6 Å². The van der Waals surface area contributed by atoms with Crippen LogP contribution in [0.5, 0.6) is 0 Å². The lowest BCUT2D eigenvalue weighted by Gasteiger charge is -2.23. The molecular formula is C13H25NO3. The molecule has 0 amide bonds. The largest absolute Gasteiger partial charge is 0.480 e. The van der Waals surface area contributed by atoms with Gasteiger partial charge in [-0.2, -0.15) is 0 Å². The molecule has 4 nitrogen and oxygen atoms in total. The Hall–Kier alpha value is -0.610. The molecule has 0 aromatic rings. The third-order valence-electron chi connectivity index (χ3n) is 3.28. The second-order valence-electron chi connectivity index (χ2n) is 4.76. The van der Waals surface area contributed by atoms with Crippen molar-refractivity contribution in [1.29, 1.82) is 0 Å². The van der Waals surface area contributed by atoms with Crippen LogP contribution in [0.1, 0.15) is 51.9 Å². The molecule has 1 rings (SSSR count). The minimum absolute atomic E-state index is 0.330. The summed E-state index contributed by atoms with van der Waals surface area (Å²) in [6, 6.07) is -0.390. The van der Waals surface area contributed by atoms with Crippen molar-refractivity contribution in [3.05, 3.63) is 0 Å². The molecule has 0 aromatic carbocycles. The fourth-order valence-electron chi connectivity index (χ4n) is 2.17. The Kier molecular flexibility index (Phi) is 7.21. The van der Waals surface area contributed by atoms with Crippen molar-refractivity contribution in [2.75, 3.05) is 13.2 Å². The average molecular weight is 243 g/mol. The first kappa shape index (κ1) is 14.5. The van der Waals surface area contributed by atoms with Gasteiger partial charge in [-0.15, -0.1) is 0 Å². The van der Waals surface area contributed by atoms with Crippen molar-refractivity contribution < 1.29 is 14.6 Å². The number of hydrogen-bond donors (Lipinski definition) is 2. The van der Waals surface area contributed by atoms with Crippen LogP contribution < -0.4 is 5.32 Å². The normalized spacial score (nSPS) is 22.3. The Morgan fingerprint density at radius 2 is 2.35 bits per heavy atom. The summed E-state index contributed by atoms with van der Waals surface area (Å²) in [5.74, 6) is -0.733. The standard InChI is InChI=1S/C13H25NO3/c1-2-3-7-12(13(15)16)14-9-8-11-6-4-5-10-17-11/h11-12,14H,2-10H2,1H3,(H,15,16). The van der Waals surface area contributed by atoms with Gasteiger partial charge < -0.3 is 15.2 Å². The number of aliphatic carboxylic acids is 1. The summed E-state index contributed by atoms with van der Waals surface area (Å²) in [4.78, 5) is 11.0. The molecule has 0 bridgehead atoms. The lowest BCUT2D eigenvalue weighted by molar-refractivity contribution is -0.139. The predicted octanol–water partition coefficient (Wildman–Crippen LogP) is 2.18. The van der Waals surface area contributed by atoms with Crippen LogP contribution in [0.4, 0.5) is 0 Å². The molecule has 100 valence electrons. The Morgan fingerprint density at radius 1 is 1.53 bits per heavy atom. The van der Waals surface area contributed by atoms with E-state index < -0.39 is 12.0 Å². The topological polar surface area (TPSA) is 58.6 Å². The fourth-order valence-corrected chi connectivity index (χ4v) is 2.17. The van der Waals surface area contributed by atoms with Crippen LogP contribution in [0, 0.1) is 0 Å². The van der Waals surface area contributed by atoms with Crippen molar-refractivity contribution in [1.82, 2.24) is 5.32 Å². The van der Waals surface area contributed by atoms with Crippen LogP contribution in [0.2, 0.25) is 0 Å². The Balaban J connectivity index is 2.14. The summed E-state index contributed by atoms with van der Waals surface area (Å²) in [6.07, 6.45) is 7.50.